The van der Waals surface area contributed by atoms with E-state index in [1.54, 1.807) is 4.90 Å². The van der Waals surface area contributed by atoms with Crippen molar-refractivity contribution in [1.29, 1.82) is 0 Å². The van der Waals surface area contributed by atoms with Crippen molar-refractivity contribution in [3.05, 3.63) is 33.9 Å². The zero-order chi connectivity index (χ0) is 15.3. The fraction of sp³-hybridized carbons (Fsp3) is 0.385. The topological polar surface area (TPSA) is 72.7 Å². The summed E-state index contributed by atoms with van der Waals surface area (Å²) in [5, 5.41) is 11.2. The second-order valence-corrected chi connectivity index (χ2v) is 4.39. The first-order valence-electron chi connectivity index (χ1n) is 6.16. The van der Waals surface area contributed by atoms with Crippen LogP contribution in [0.25, 0.3) is 0 Å². The van der Waals surface area contributed by atoms with Crippen LogP contribution >= 0.6 is 12.2 Å². The molecule has 0 spiro atoms. The maximum atomic E-state index is 11.3. The zero-order valence-corrected chi connectivity index (χ0v) is 12.4. The maximum absolute atomic E-state index is 11.3. The Morgan fingerprint density at radius 3 is 2.45 bits per heavy atom. The van der Waals surface area contributed by atoms with Gasteiger partial charge in [-0.15, -0.1) is 0 Å². The van der Waals surface area contributed by atoms with Crippen LogP contribution in [0.15, 0.2) is 18.2 Å². The molecule has 0 fully saturated rings. The van der Waals surface area contributed by atoms with Gasteiger partial charge in [-0.3, -0.25) is 14.9 Å². The first kappa shape index (κ1) is 16.0. The Labute approximate surface area is 122 Å². The highest BCUT2D eigenvalue weighted by atomic mass is 32.1. The Morgan fingerprint density at radius 1 is 1.40 bits per heavy atom. The summed E-state index contributed by atoms with van der Waals surface area (Å²) < 4.78 is 5.39. The third-order valence-corrected chi connectivity index (χ3v) is 3.12. The number of ether oxygens (including phenoxy) is 1. The Morgan fingerprint density at radius 2 is 2.00 bits per heavy atom. The number of rotatable bonds is 5. The van der Waals surface area contributed by atoms with Gasteiger partial charge in [-0.1, -0.05) is 0 Å². The molecule has 0 aliphatic carbocycles. The lowest BCUT2D eigenvalue weighted by Gasteiger charge is -2.20. The molecular formula is C13H16N2O4S. The van der Waals surface area contributed by atoms with Gasteiger partial charge in [-0.05, 0) is 45.1 Å². The van der Waals surface area contributed by atoms with Gasteiger partial charge < -0.3 is 9.64 Å². The highest BCUT2D eigenvalue weighted by Crippen LogP contribution is 2.28. The van der Waals surface area contributed by atoms with Crippen LogP contribution in [0, 0.1) is 10.1 Å². The molecule has 108 valence electrons. The molecule has 0 N–H and O–H groups in total. The van der Waals surface area contributed by atoms with E-state index in [4.69, 9.17) is 17.0 Å². The number of carbonyl (C=O) groups is 1. The third-order valence-electron chi connectivity index (χ3n) is 2.78. The SMILES string of the molecule is CCN(CC)C(=S)Oc1ccc(C(C)=O)cc1[N+](=O)[O-]. The summed E-state index contributed by atoms with van der Waals surface area (Å²) in [6, 6.07) is 4.07. The molecule has 0 heterocycles. The van der Waals surface area contributed by atoms with E-state index in [1.165, 1.54) is 25.1 Å². The molecule has 0 saturated carbocycles. The number of nitro benzene ring substituents is 1. The van der Waals surface area contributed by atoms with E-state index < -0.39 is 4.92 Å². The second-order valence-electron chi connectivity index (χ2n) is 4.04. The van der Waals surface area contributed by atoms with Crippen LogP contribution in [0.3, 0.4) is 0 Å². The molecule has 0 radical (unpaired) electrons. The smallest absolute Gasteiger partial charge is 0.312 e. The Balaban J connectivity index is 3.09. The van der Waals surface area contributed by atoms with Crippen molar-refractivity contribution < 1.29 is 14.5 Å². The Kier molecular flexibility index (Phi) is 5.57. The molecule has 0 aliphatic rings. The molecule has 0 amide bonds. The predicted molar refractivity (Wildman–Crippen MR) is 79.2 cm³/mol. The van der Waals surface area contributed by atoms with E-state index in [0.29, 0.717) is 13.1 Å². The molecule has 0 unspecified atom stereocenters. The van der Waals surface area contributed by atoms with E-state index in [0.717, 1.165) is 0 Å². The predicted octanol–water partition coefficient (Wildman–Crippen LogP) is 2.80. The highest BCUT2D eigenvalue weighted by Gasteiger charge is 2.20. The fourth-order valence-corrected chi connectivity index (χ4v) is 1.95. The van der Waals surface area contributed by atoms with E-state index in [9.17, 15) is 14.9 Å². The van der Waals surface area contributed by atoms with Gasteiger partial charge in [-0.2, -0.15) is 0 Å². The molecule has 0 saturated heterocycles. The van der Waals surface area contributed by atoms with E-state index in [1.807, 2.05) is 13.8 Å². The molecular weight excluding hydrogens is 280 g/mol. The van der Waals surface area contributed by atoms with Crippen molar-refractivity contribution in [3.63, 3.8) is 0 Å². The maximum Gasteiger partial charge on any atom is 0.312 e. The molecule has 0 aromatic heterocycles. The second kappa shape index (κ2) is 6.95. The minimum absolute atomic E-state index is 0.0388. The van der Waals surface area contributed by atoms with Crippen LogP contribution in [0.1, 0.15) is 31.1 Å². The summed E-state index contributed by atoms with van der Waals surface area (Å²) >= 11 is 5.10. The highest BCUT2D eigenvalue weighted by molar-refractivity contribution is 7.80. The fourth-order valence-electron chi connectivity index (χ4n) is 1.61. The molecule has 1 rings (SSSR count). The summed E-state index contributed by atoms with van der Waals surface area (Å²) in [7, 11) is 0. The third kappa shape index (κ3) is 3.74. The standard InChI is InChI=1S/C13H16N2O4S/c1-4-14(5-2)13(20)19-12-7-6-10(9(3)16)8-11(12)15(17)18/h6-8H,4-5H2,1-3H3. The van der Waals surface area contributed by atoms with Crippen molar-refractivity contribution in [1.82, 2.24) is 4.90 Å². The average molecular weight is 296 g/mol. The zero-order valence-electron chi connectivity index (χ0n) is 11.6. The number of thiocarbonyl (C=S) groups is 1. The van der Waals surface area contributed by atoms with Crippen molar-refractivity contribution in [3.8, 4) is 5.75 Å². The minimum Gasteiger partial charge on any atom is -0.424 e. The van der Waals surface area contributed by atoms with Crippen molar-refractivity contribution in [2.45, 2.75) is 20.8 Å². The summed E-state index contributed by atoms with van der Waals surface area (Å²) in [6.45, 7) is 6.46. The van der Waals surface area contributed by atoms with Crippen LogP contribution < -0.4 is 4.74 Å². The number of Topliss-reactive ketones (excluding diaryl/α,β-unsaturated/α-hetero) is 1. The quantitative estimate of drug-likeness (QED) is 0.360. The summed E-state index contributed by atoms with van der Waals surface area (Å²) in [4.78, 5) is 23.5. The van der Waals surface area contributed by atoms with Gasteiger partial charge in [0, 0.05) is 24.7 Å². The van der Waals surface area contributed by atoms with Gasteiger partial charge in [0.15, 0.2) is 5.78 Å². The molecule has 1 aromatic rings. The minimum atomic E-state index is -0.591. The van der Waals surface area contributed by atoms with Crippen LogP contribution in [-0.4, -0.2) is 33.9 Å². The van der Waals surface area contributed by atoms with Crippen LogP contribution in [0.5, 0.6) is 5.75 Å². The average Bonchev–Trinajstić information content (AvgIpc) is 2.39. The molecule has 7 heteroatoms. The van der Waals surface area contributed by atoms with Gasteiger partial charge in [0.2, 0.25) is 5.75 Å². The van der Waals surface area contributed by atoms with Crippen LogP contribution in [0.4, 0.5) is 5.69 Å². The van der Waals surface area contributed by atoms with Gasteiger partial charge in [0.25, 0.3) is 5.17 Å². The van der Waals surface area contributed by atoms with Crippen LogP contribution in [-0.2, 0) is 0 Å². The molecule has 0 bridgehead atoms. The monoisotopic (exact) mass is 296 g/mol. The van der Waals surface area contributed by atoms with E-state index >= 15 is 0 Å². The molecule has 0 atom stereocenters. The van der Waals surface area contributed by atoms with Crippen LogP contribution in [0.2, 0.25) is 0 Å². The van der Waals surface area contributed by atoms with Crippen molar-refractivity contribution >= 4 is 28.9 Å². The van der Waals surface area contributed by atoms with Gasteiger partial charge in [0.05, 0.1) is 4.92 Å². The van der Waals surface area contributed by atoms with E-state index in [2.05, 4.69) is 0 Å². The Hall–Kier alpha value is -2.02. The van der Waals surface area contributed by atoms with Gasteiger partial charge in [-0.25, -0.2) is 0 Å². The first-order valence-corrected chi connectivity index (χ1v) is 6.57. The Bertz CT molecular complexity index is 541. The lowest BCUT2D eigenvalue weighted by Crippen LogP contribution is -2.32. The summed E-state index contributed by atoms with van der Waals surface area (Å²) in [6.07, 6.45) is 0. The lowest BCUT2D eigenvalue weighted by molar-refractivity contribution is -0.385. The number of nitrogens with zero attached hydrogens (tertiary/aromatic N) is 2. The number of hydrogen-bond acceptors (Lipinski definition) is 5. The normalized spacial score (nSPS) is 9.95. The molecule has 20 heavy (non-hydrogen) atoms. The molecule has 1 aromatic carbocycles. The van der Waals surface area contributed by atoms with E-state index in [-0.39, 0.29) is 28.0 Å². The summed E-state index contributed by atoms with van der Waals surface area (Å²) in [5.41, 5.74) is -0.00925. The summed E-state index contributed by atoms with van der Waals surface area (Å²) in [5.74, 6) is -0.206. The number of benzene rings is 1. The lowest BCUT2D eigenvalue weighted by atomic mass is 10.1. The number of ketones is 1. The largest absolute Gasteiger partial charge is 0.424 e. The number of nitro groups is 1. The van der Waals surface area contributed by atoms with Crippen molar-refractivity contribution in [2.75, 3.05) is 13.1 Å². The number of carbonyl (C=O) groups excluding carboxylic acids is 1. The molecule has 6 nitrogen and oxygen atoms in total. The van der Waals surface area contributed by atoms with Crippen molar-refractivity contribution in [2.24, 2.45) is 0 Å². The molecule has 0 aliphatic heterocycles. The van der Waals surface area contributed by atoms with Gasteiger partial charge >= 0.3 is 5.69 Å². The van der Waals surface area contributed by atoms with Gasteiger partial charge in [0.1, 0.15) is 0 Å². The first-order chi connectivity index (χ1) is 9.40. The number of hydrogen-bond donors (Lipinski definition) is 0.